The molecule has 0 radical (unpaired) electrons. The van der Waals surface area contributed by atoms with Crippen LogP contribution in [0.2, 0.25) is 0 Å². The van der Waals surface area contributed by atoms with Crippen molar-refractivity contribution in [2.45, 2.75) is 6.17 Å². The van der Waals surface area contributed by atoms with E-state index in [2.05, 4.69) is 221 Å². The Labute approximate surface area is 325 Å². The van der Waals surface area contributed by atoms with Crippen LogP contribution in [-0.4, -0.2) is 4.57 Å². The molecule has 8 aromatic carbocycles. The summed E-state index contributed by atoms with van der Waals surface area (Å²) in [5, 5.41) is 7.13. The van der Waals surface area contributed by atoms with Crippen molar-refractivity contribution in [1.82, 2.24) is 9.88 Å². The molecule has 4 heteroatoms. The summed E-state index contributed by atoms with van der Waals surface area (Å²) in [5.41, 5.74) is 16.3. The van der Waals surface area contributed by atoms with Crippen molar-refractivity contribution < 1.29 is 0 Å². The van der Waals surface area contributed by atoms with Crippen molar-refractivity contribution in [3.05, 3.63) is 228 Å². The predicted octanol–water partition coefficient (Wildman–Crippen LogP) is 11.5. The predicted molar refractivity (Wildman–Crippen MR) is 230 cm³/mol. The van der Waals surface area contributed by atoms with Crippen LogP contribution >= 0.6 is 0 Å². The van der Waals surface area contributed by atoms with Crippen LogP contribution < -0.4 is 20.8 Å². The molecule has 0 saturated carbocycles. The van der Waals surface area contributed by atoms with E-state index in [1.54, 1.807) is 0 Å². The summed E-state index contributed by atoms with van der Waals surface area (Å²) in [6.45, 7) is 0. The van der Waals surface area contributed by atoms with Gasteiger partial charge in [0.2, 0.25) is 0 Å². The molecular weight excluding hydrogens is 681 g/mol. The van der Waals surface area contributed by atoms with Crippen LogP contribution in [0.1, 0.15) is 17.3 Å². The van der Waals surface area contributed by atoms with E-state index in [0.717, 1.165) is 61.3 Å². The van der Waals surface area contributed by atoms with E-state index in [4.69, 9.17) is 4.99 Å². The maximum Gasteiger partial charge on any atom is 0.145 e. The number of anilines is 3. The van der Waals surface area contributed by atoms with Gasteiger partial charge in [-0.05, 0) is 76.9 Å². The molecule has 0 spiro atoms. The summed E-state index contributed by atoms with van der Waals surface area (Å²) in [6, 6.07) is 73.9. The highest BCUT2D eigenvalue weighted by atomic mass is 15.2. The largest absolute Gasteiger partial charge is 0.359 e. The first-order chi connectivity index (χ1) is 27.8. The monoisotopic (exact) mass is 716 g/mol. The van der Waals surface area contributed by atoms with E-state index < -0.39 is 0 Å². The fraction of sp³-hybridized carbons (Fsp3) is 0.0192. The lowest BCUT2D eigenvalue weighted by atomic mass is 9.98. The average Bonchev–Trinajstić information content (AvgIpc) is 3.56. The van der Waals surface area contributed by atoms with Gasteiger partial charge in [-0.25, -0.2) is 0 Å². The molecule has 2 aliphatic heterocycles. The van der Waals surface area contributed by atoms with Crippen molar-refractivity contribution in [2.75, 3.05) is 4.90 Å². The van der Waals surface area contributed by atoms with Gasteiger partial charge in [-0.15, -0.1) is 0 Å². The van der Waals surface area contributed by atoms with Crippen LogP contribution in [0.25, 0.3) is 55.8 Å². The lowest BCUT2D eigenvalue weighted by Crippen LogP contribution is -2.39. The van der Waals surface area contributed by atoms with E-state index >= 15 is 0 Å². The van der Waals surface area contributed by atoms with Gasteiger partial charge in [0.15, 0.2) is 0 Å². The summed E-state index contributed by atoms with van der Waals surface area (Å²) in [7, 11) is 0. The molecule has 0 bridgehead atoms. The minimum Gasteiger partial charge on any atom is -0.359 e. The molecule has 4 nitrogen and oxygen atoms in total. The summed E-state index contributed by atoms with van der Waals surface area (Å²) in [4.78, 5) is 7.60. The second-order valence-corrected chi connectivity index (χ2v) is 14.4. The van der Waals surface area contributed by atoms with Gasteiger partial charge in [0.05, 0.1) is 33.6 Å². The molecule has 0 fully saturated rings. The molecule has 0 aliphatic carbocycles. The Balaban J connectivity index is 1.01. The molecule has 9 aromatic rings. The van der Waals surface area contributed by atoms with E-state index in [9.17, 15) is 0 Å². The fourth-order valence-electron chi connectivity index (χ4n) is 8.65. The third kappa shape index (κ3) is 5.19. The standard InChI is InChI=1S/C52H36N4/c1-3-16-36(17-4-1)50-41-22-7-11-26-45(41)53-52(54-50)38-19-15-18-37(34-38)35-30-32-40(33-31-35)55-46-27-12-8-23-42(46)49-43-24-9-13-28-47(43)56(39-20-5-2-6-21-39)51(49)44-25-10-14-29-48(44)55/h1-34,52,54H. The van der Waals surface area contributed by atoms with Gasteiger partial charge < -0.3 is 14.8 Å². The highest BCUT2D eigenvalue weighted by Crippen LogP contribution is 2.54. The zero-order valence-electron chi connectivity index (χ0n) is 30.5. The molecule has 1 aromatic heterocycles. The SMILES string of the molecule is c1ccc(C2=c3ccccc3=NC(c3cccc(-c4ccc(N5c6ccccc6-c6c(n(-c7ccccc7)c7ccccc67)-c6ccccc65)cc4)c3)N2)cc1. The maximum atomic E-state index is 5.17. The Bertz CT molecular complexity index is 3050. The van der Waals surface area contributed by atoms with Gasteiger partial charge in [-0.2, -0.15) is 0 Å². The number of nitrogens with one attached hydrogen (secondary N) is 1. The highest BCUT2D eigenvalue weighted by molar-refractivity contribution is 6.13. The van der Waals surface area contributed by atoms with Crippen LogP contribution in [0, 0.1) is 0 Å². The van der Waals surface area contributed by atoms with Crippen LogP contribution in [0.4, 0.5) is 17.1 Å². The molecule has 1 atom stereocenters. The minimum absolute atomic E-state index is 0.209. The number of aromatic nitrogens is 1. The second kappa shape index (κ2) is 13.2. The molecule has 2 aliphatic rings. The van der Waals surface area contributed by atoms with E-state index in [1.165, 1.54) is 33.3 Å². The number of fused-ring (bicyclic) bond motifs is 8. The van der Waals surface area contributed by atoms with Crippen molar-refractivity contribution in [3.63, 3.8) is 0 Å². The topological polar surface area (TPSA) is 32.6 Å². The number of para-hydroxylation sites is 5. The Morgan fingerprint density at radius 1 is 0.464 bits per heavy atom. The molecule has 11 rings (SSSR count). The van der Waals surface area contributed by atoms with E-state index in [-0.39, 0.29) is 6.17 Å². The summed E-state index contributed by atoms with van der Waals surface area (Å²) < 4.78 is 2.44. The minimum atomic E-state index is -0.209. The van der Waals surface area contributed by atoms with Gasteiger partial charge in [0.1, 0.15) is 6.17 Å². The van der Waals surface area contributed by atoms with Crippen molar-refractivity contribution in [1.29, 1.82) is 0 Å². The number of nitrogens with zero attached hydrogens (tertiary/aromatic N) is 3. The van der Waals surface area contributed by atoms with Crippen molar-refractivity contribution in [2.24, 2.45) is 4.99 Å². The van der Waals surface area contributed by atoms with E-state index in [0.29, 0.717) is 0 Å². The highest BCUT2D eigenvalue weighted by Gasteiger charge is 2.31. The second-order valence-electron chi connectivity index (χ2n) is 14.4. The quantitative estimate of drug-likeness (QED) is 0.192. The number of benzene rings is 8. The van der Waals surface area contributed by atoms with Gasteiger partial charge in [0, 0.05) is 38.7 Å². The van der Waals surface area contributed by atoms with E-state index in [1.807, 2.05) is 0 Å². The van der Waals surface area contributed by atoms with Crippen LogP contribution in [0.3, 0.4) is 0 Å². The van der Waals surface area contributed by atoms with Gasteiger partial charge in [-0.3, -0.25) is 4.99 Å². The Kier molecular flexibility index (Phi) is 7.52. The molecule has 264 valence electrons. The zero-order chi connectivity index (χ0) is 37.0. The smallest absolute Gasteiger partial charge is 0.145 e. The van der Waals surface area contributed by atoms with Crippen LogP contribution in [-0.2, 0) is 0 Å². The summed E-state index contributed by atoms with van der Waals surface area (Å²) in [6.07, 6.45) is -0.209. The van der Waals surface area contributed by atoms with Gasteiger partial charge >= 0.3 is 0 Å². The molecule has 1 unspecified atom stereocenters. The first kappa shape index (κ1) is 32.0. The Hall–Kier alpha value is -7.43. The molecular formula is C52H36N4. The molecule has 3 heterocycles. The third-order valence-electron chi connectivity index (χ3n) is 11.1. The first-order valence-electron chi connectivity index (χ1n) is 19.2. The van der Waals surface area contributed by atoms with Crippen LogP contribution in [0.15, 0.2) is 211 Å². The normalized spacial score (nSPS) is 14.1. The fourth-order valence-corrected chi connectivity index (χ4v) is 8.65. The zero-order valence-corrected chi connectivity index (χ0v) is 30.5. The lowest BCUT2D eigenvalue weighted by Gasteiger charge is -2.27. The molecule has 0 saturated heterocycles. The van der Waals surface area contributed by atoms with Crippen molar-refractivity contribution in [3.8, 4) is 39.2 Å². The molecule has 0 amide bonds. The summed E-state index contributed by atoms with van der Waals surface area (Å²) in [5.74, 6) is 0. The maximum absolute atomic E-state index is 5.17. The van der Waals surface area contributed by atoms with Crippen molar-refractivity contribution >= 4 is 33.7 Å². The van der Waals surface area contributed by atoms with Gasteiger partial charge in [0.25, 0.3) is 0 Å². The number of hydrogen-bond donors (Lipinski definition) is 1. The molecule has 56 heavy (non-hydrogen) atoms. The van der Waals surface area contributed by atoms with Gasteiger partial charge in [-0.1, -0.05) is 152 Å². The molecule has 1 N–H and O–H groups in total. The Morgan fingerprint density at radius 2 is 1.11 bits per heavy atom. The lowest BCUT2D eigenvalue weighted by molar-refractivity contribution is 0.634. The first-order valence-corrected chi connectivity index (χ1v) is 19.2. The summed E-state index contributed by atoms with van der Waals surface area (Å²) >= 11 is 0. The van der Waals surface area contributed by atoms with Crippen LogP contribution in [0.5, 0.6) is 0 Å². The number of rotatable bonds is 5. The average molecular weight is 717 g/mol. The Morgan fingerprint density at radius 3 is 1.93 bits per heavy atom. The third-order valence-corrected chi connectivity index (χ3v) is 11.1. The number of hydrogen-bond acceptors (Lipinski definition) is 3.